The number of carbonyl (C=O) groups excluding carboxylic acids is 2. The molecule has 102 valence electrons. The van der Waals surface area contributed by atoms with Crippen LogP contribution >= 0.6 is 0 Å². The summed E-state index contributed by atoms with van der Waals surface area (Å²) in [5.74, 6) is 1.13. The third kappa shape index (κ3) is 21.1. The van der Waals surface area contributed by atoms with Crippen molar-refractivity contribution in [2.45, 2.75) is 59.8 Å². The topological polar surface area (TPSA) is 37.4 Å². The average molecular weight is 243 g/mol. The molecule has 0 aromatic carbocycles. The number of rotatable bonds is 8. The lowest BCUT2D eigenvalue weighted by molar-refractivity contribution is -0.118. The molecular formula is C14H29NO2. The van der Waals surface area contributed by atoms with Crippen molar-refractivity contribution >= 4 is 12.2 Å². The van der Waals surface area contributed by atoms with Crippen LogP contribution < -0.4 is 0 Å². The number of amides is 1. The van der Waals surface area contributed by atoms with Crippen LogP contribution in [-0.4, -0.2) is 30.7 Å². The van der Waals surface area contributed by atoms with Crippen molar-refractivity contribution in [2.24, 2.45) is 5.92 Å². The molecule has 0 rings (SSSR count). The van der Waals surface area contributed by atoms with Gasteiger partial charge in [-0.2, -0.15) is 0 Å². The maximum atomic E-state index is 10.5. The molecule has 0 aliphatic rings. The van der Waals surface area contributed by atoms with E-state index in [-0.39, 0.29) is 5.78 Å². The summed E-state index contributed by atoms with van der Waals surface area (Å²) in [6, 6.07) is 0. The summed E-state index contributed by atoms with van der Waals surface area (Å²) in [5, 5.41) is 0. The molecule has 0 N–H and O–H groups in total. The van der Waals surface area contributed by atoms with Gasteiger partial charge in [0.2, 0.25) is 6.41 Å². The van der Waals surface area contributed by atoms with E-state index in [1.807, 2.05) is 0 Å². The summed E-state index contributed by atoms with van der Waals surface area (Å²) in [6.07, 6.45) is 5.76. The zero-order chi connectivity index (χ0) is 13.7. The number of unbranched alkanes of at least 4 members (excludes halogenated alkanes) is 2. The number of hydrogen-bond donors (Lipinski definition) is 0. The molecule has 0 saturated carbocycles. The number of carbonyl (C=O) groups is 2. The Labute approximate surface area is 107 Å². The lowest BCUT2D eigenvalue weighted by atomic mass is 10.1. The van der Waals surface area contributed by atoms with Crippen LogP contribution in [0.25, 0.3) is 0 Å². The molecule has 0 spiro atoms. The minimum atomic E-state index is 0.249. The first-order chi connectivity index (χ1) is 7.93. The molecule has 17 heavy (non-hydrogen) atoms. The van der Waals surface area contributed by atoms with Crippen molar-refractivity contribution in [3.05, 3.63) is 0 Å². The molecule has 0 saturated heterocycles. The van der Waals surface area contributed by atoms with Crippen LogP contribution in [0.2, 0.25) is 0 Å². The van der Waals surface area contributed by atoms with Crippen molar-refractivity contribution in [3.8, 4) is 0 Å². The van der Waals surface area contributed by atoms with Crippen LogP contribution in [0.15, 0.2) is 0 Å². The Morgan fingerprint density at radius 3 is 2.12 bits per heavy atom. The van der Waals surface area contributed by atoms with E-state index < -0.39 is 0 Å². The van der Waals surface area contributed by atoms with Crippen LogP contribution in [0.4, 0.5) is 0 Å². The second kappa shape index (κ2) is 13.2. The SMILES string of the molecule is CC(=O)CCCCCN(C)C=O.CCC(C)C. The fourth-order valence-corrected chi connectivity index (χ4v) is 0.965. The maximum absolute atomic E-state index is 10.5. The molecule has 1 amide bonds. The van der Waals surface area contributed by atoms with Gasteiger partial charge < -0.3 is 9.69 Å². The molecule has 0 aromatic heterocycles. The van der Waals surface area contributed by atoms with Crippen molar-refractivity contribution in [3.63, 3.8) is 0 Å². The van der Waals surface area contributed by atoms with E-state index in [4.69, 9.17) is 0 Å². The predicted molar refractivity (Wildman–Crippen MR) is 73.0 cm³/mol. The number of hydrogen-bond acceptors (Lipinski definition) is 2. The van der Waals surface area contributed by atoms with Gasteiger partial charge in [0.25, 0.3) is 0 Å². The zero-order valence-electron chi connectivity index (χ0n) is 12.2. The molecule has 0 radical (unpaired) electrons. The molecular weight excluding hydrogens is 214 g/mol. The number of ketones is 1. The van der Waals surface area contributed by atoms with Crippen LogP contribution in [0.3, 0.4) is 0 Å². The van der Waals surface area contributed by atoms with E-state index in [0.29, 0.717) is 6.42 Å². The second-order valence-electron chi connectivity index (χ2n) is 4.90. The first kappa shape index (κ1) is 18.5. The Balaban J connectivity index is 0. The molecule has 0 aliphatic heterocycles. The summed E-state index contributed by atoms with van der Waals surface area (Å²) >= 11 is 0. The largest absolute Gasteiger partial charge is 0.348 e. The molecule has 0 aliphatic carbocycles. The van der Waals surface area contributed by atoms with Gasteiger partial charge in [-0.05, 0) is 25.7 Å². The van der Waals surface area contributed by atoms with Gasteiger partial charge in [0, 0.05) is 20.0 Å². The van der Waals surface area contributed by atoms with E-state index in [1.54, 1.807) is 18.9 Å². The molecule has 0 atom stereocenters. The molecule has 0 aromatic rings. The third-order valence-electron chi connectivity index (χ3n) is 2.54. The van der Waals surface area contributed by atoms with Crippen molar-refractivity contribution in [1.82, 2.24) is 4.90 Å². The van der Waals surface area contributed by atoms with Crippen LogP contribution in [0.1, 0.15) is 59.8 Å². The highest BCUT2D eigenvalue weighted by atomic mass is 16.1. The van der Waals surface area contributed by atoms with Crippen molar-refractivity contribution in [1.29, 1.82) is 0 Å². The van der Waals surface area contributed by atoms with E-state index in [1.165, 1.54) is 6.42 Å². The Hall–Kier alpha value is -0.860. The van der Waals surface area contributed by atoms with Crippen molar-refractivity contribution in [2.75, 3.05) is 13.6 Å². The number of nitrogens with zero attached hydrogens (tertiary/aromatic N) is 1. The summed E-state index contributed by atoms with van der Waals surface area (Å²) in [7, 11) is 1.76. The molecule has 0 fully saturated rings. The fraction of sp³-hybridized carbons (Fsp3) is 0.857. The first-order valence-electron chi connectivity index (χ1n) is 6.59. The summed E-state index contributed by atoms with van der Waals surface area (Å²) < 4.78 is 0. The van der Waals surface area contributed by atoms with E-state index >= 15 is 0 Å². The minimum Gasteiger partial charge on any atom is -0.348 e. The summed E-state index contributed by atoms with van der Waals surface area (Å²) in [5.41, 5.74) is 0. The van der Waals surface area contributed by atoms with E-state index in [9.17, 15) is 9.59 Å². The van der Waals surface area contributed by atoms with Gasteiger partial charge in [-0.3, -0.25) is 4.79 Å². The van der Waals surface area contributed by atoms with Gasteiger partial charge in [0.1, 0.15) is 5.78 Å². The molecule has 0 heterocycles. The normalized spacial score (nSPS) is 9.53. The second-order valence-corrected chi connectivity index (χ2v) is 4.90. The highest BCUT2D eigenvalue weighted by Crippen LogP contribution is 2.00. The third-order valence-corrected chi connectivity index (χ3v) is 2.54. The van der Waals surface area contributed by atoms with Gasteiger partial charge in [0.05, 0.1) is 0 Å². The predicted octanol–water partition coefficient (Wildman–Crippen LogP) is 3.28. The quantitative estimate of drug-likeness (QED) is 0.484. The first-order valence-corrected chi connectivity index (χ1v) is 6.59. The smallest absolute Gasteiger partial charge is 0.209 e. The van der Waals surface area contributed by atoms with Gasteiger partial charge in [0.15, 0.2) is 0 Å². The van der Waals surface area contributed by atoms with Gasteiger partial charge in [-0.15, -0.1) is 0 Å². The lowest BCUT2D eigenvalue weighted by Gasteiger charge is -2.08. The van der Waals surface area contributed by atoms with Crippen LogP contribution in [0.5, 0.6) is 0 Å². The summed E-state index contributed by atoms with van der Waals surface area (Å²) in [6.45, 7) is 9.05. The monoisotopic (exact) mass is 243 g/mol. The Morgan fingerprint density at radius 1 is 1.24 bits per heavy atom. The van der Waals surface area contributed by atoms with E-state index in [0.717, 1.165) is 38.1 Å². The Kier molecular flexibility index (Phi) is 14.4. The Morgan fingerprint density at radius 2 is 1.76 bits per heavy atom. The maximum Gasteiger partial charge on any atom is 0.209 e. The molecule has 0 bridgehead atoms. The average Bonchev–Trinajstić information content (AvgIpc) is 2.28. The summed E-state index contributed by atoms with van der Waals surface area (Å²) in [4.78, 5) is 22.3. The number of Topliss-reactive ketones (excluding diaryl/α,β-unsaturated/α-hetero) is 1. The molecule has 0 unspecified atom stereocenters. The van der Waals surface area contributed by atoms with Gasteiger partial charge in [-0.1, -0.05) is 33.6 Å². The van der Waals surface area contributed by atoms with Gasteiger partial charge in [-0.25, -0.2) is 0 Å². The molecule has 3 nitrogen and oxygen atoms in total. The fourth-order valence-electron chi connectivity index (χ4n) is 0.965. The zero-order valence-corrected chi connectivity index (χ0v) is 12.2. The van der Waals surface area contributed by atoms with Gasteiger partial charge >= 0.3 is 0 Å². The van der Waals surface area contributed by atoms with Crippen LogP contribution in [-0.2, 0) is 9.59 Å². The molecule has 3 heteroatoms. The standard InChI is InChI=1S/C9H17NO2.C5H12/c1-9(12)6-4-3-5-7-10(2)8-11;1-4-5(2)3/h8H,3-7H2,1-2H3;5H,4H2,1-3H3. The van der Waals surface area contributed by atoms with E-state index in [2.05, 4.69) is 20.8 Å². The minimum absolute atomic E-state index is 0.249. The Bertz CT molecular complexity index is 191. The van der Waals surface area contributed by atoms with Crippen molar-refractivity contribution < 1.29 is 9.59 Å². The lowest BCUT2D eigenvalue weighted by Crippen LogP contribution is -2.16. The van der Waals surface area contributed by atoms with Crippen LogP contribution in [0, 0.1) is 5.92 Å². The highest BCUT2D eigenvalue weighted by molar-refractivity contribution is 5.75. The highest BCUT2D eigenvalue weighted by Gasteiger charge is 1.95.